The second-order valence-corrected chi connectivity index (χ2v) is 21.3. The monoisotopic (exact) mass is 785 g/mol. The molecule has 6 rings (SSSR count). The van der Waals surface area contributed by atoms with Gasteiger partial charge in [0.2, 0.25) is 0 Å². The molecule has 5 aromatic rings. The minimum atomic E-state index is -2.05. The van der Waals surface area contributed by atoms with E-state index in [4.69, 9.17) is 23.4 Å². The molecule has 0 aromatic heterocycles. The van der Waals surface area contributed by atoms with E-state index in [1.807, 2.05) is 42.5 Å². The first kappa shape index (κ1) is 41.7. The Labute approximate surface area is 340 Å². The van der Waals surface area contributed by atoms with Crippen LogP contribution in [0.5, 0.6) is 11.5 Å². The molecule has 1 amide bonds. The minimum Gasteiger partial charge on any atom is -0.497 e. The molecule has 0 saturated carbocycles. The summed E-state index contributed by atoms with van der Waals surface area (Å²) in [6.07, 6.45) is 2.19. The van der Waals surface area contributed by atoms with Gasteiger partial charge in [-0.05, 0) is 94.2 Å². The van der Waals surface area contributed by atoms with Gasteiger partial charge in [-0.2, -0.15) is 0 Å². The molecule has 1 unspecified atom stereocenters. The summed E-state index contributed by atoms with van der Waals surface area (Å²) in [5.74, 6) is 1.70. The smallest absolute Gasteiger partial charge is 0.407 e. The lowest BCUT2D eigenvalue weighted by molar-refractivity contribution is -0.0194. The van der Waals surface area contributed by atoms with Crippen LogP contribution in [0.25, 0.3) is 11.1 Å². The Bertz CT molecular complexity index is 1950. The summed E-state index contributed by atoms with van der Waals surface area (Å²) in [6.45, 7) is 13.3. The average Bonchev–Trinajstić information content (AvgIpc) is 3.55. The van der Waals surface area contributed by atoms with E-state index in [0.29, 0.717) is 26.4 Å². The van der Waals surface area contributed by atoms with E-state index in [-0.39, 0.29) is 23.0 Å². The Morgan fingerprint density at radius 3 is 1.70 bits per heavy atom. The molecule has 1 aliphatic carbocycles. The molecule has 57 heavy (non-hydrogen) atoms. The summed E-state index contributed by atoms with van der Waals surface area (Å²) in [7, 11) is 1.31. The molecule has 7 nitrogen and oxygen atoms in total. The van der Waals surface area contributed by atoms with Crippen molar-refractivity contribution in [2.45, 2.75) is 69.7 Å². The van der Waals surface area contributed by atoms with E-state index in [2.05, 4.69) is 124 Å². The Morgan fingerprint density at radius 1 is 0.667 bits per heavy atom. The fourth-order valence-corrected chi connectivity index (χ4v) is 8.56. The summed E-state index contributed by atoms with van der Waals surface area (Å²) < 4.78 is 31.1. The van der Waals surface area contributed by atoms with Gasteiger partial charge in [0.1, 0.15) is 23.7 Å². The number of carbonyl (C=O) groups is 1. The molecular formula is C49H59NO6Si. The SMILES string of the molecule is COc1ccc(C(OCC(CCCCNC(=O)OCC2c3ccccc3-c3ccccc32)CO[Si](C)(C)C(C)(C)C)(c2ccccc2)c2ccc(OC)cc2)cc1. The second-order valence-electron chi connectivity index (χ2n) is 16.5. The van der Waals surface area contributed by atoms with Crippen LogP contribution in [0.3, 0.4) is 0 Å². The zero-order valence-corrected chi connectivity index (χ0v) is 35.7. The third-order valence-corrected chi connectivity index (χ3v) is 16.3. The Hall–Kier alpha value is -4.89. The first-order chi connectivity index (χ1) is 27.5. The number of amides is 1. The van der Waals surface area contributed by atoms with Crippen LogP contribution in [0, 0.1) is 5.92 Å². The van der Waals surface area contributed by atoms with Gasteiger partial charge in [-0.25, -0.2) is 4.79 Å². The van der Waals surface area contributed by atoms with Crippen LogP contribution in [0.1, 0.15) is 73.8 Å². The minimum absolute atomic E-state index is 0.0312. The van der Waals surface area contributed by atoms with Gasteiger partial charge >= 0.3 is 6.09 Å². The van der Waals surface area contributed by atoms with Gasteiger partial charge < -0.3 is 28.7 Å². The zero-order chi connectivity index (χ0) is 40.5. The number of hydrogen-bond donors (Lipinski definition) is 1. The lowest BCUT2D eigenvalue weighted by atomic mass is 9.79. The summed E-state index contributed by atoms with van der Waals surface area (Å²) in [5.41, 5.74) is 6.94. The highest BCUT2D eigenvalue weighted by molar-refractivity contribution is 6.74. The van der Waals surface area contributed by atoms with Crippen LogP contribution in [-0.4, -0.2) is 55.0 Å². The van der Waals surface area contributed by atoms with E-state index < -0.39 is 13.9 Å². The number of fused-ring (bicyclic) bond motifs is 3. The van der Waals surface area contributed by atoms with E-state index in [9.17, 15) is 4.79 Å². The number of nitrogens with one attached hydrogen (secondary N) is 1. The van der Waals surface area contributed by atoms with E-state index in [1.54, 1.807) is 14.2 Å². The van der Waals surface area contributed by atoms with Gasteiger partial charge in [0.05, 0.1) is 20.8 Å². The highest BCUT2D eigenvalue weighted by Gasteiger charge is 2.40. The molecule has 0 aliphatic heterocycles. The number of rotatable bonds is 18. The maximum absolute atomic E-state index is 12.9. The molecule has 1 atom stereocenters. The summed E-state index contributed by atoms with van der Waals surface area (Å²) in [4.78, 5) is 12.9. The van der Waals surface area contributed by atoms with Crippen LogP contribution in [-0.2, 0) is 19.5 Å². The largest absolute Gasteiger partial charge is 0.497 e. The maximum Gasteiger partial charge on any atom is 0.407 e. The van der Waals surface area contributed by atoms with Crippen LogP contribution in [0.15, 0.2) is 127 Å². The number of benzene rings is 5. The predicted molar refractivity (Wildman–Crippen MR) is 232 cm³/mol. The fraction of sp³-hybridized carbons (Fsp3) is 0.367. The molecule has 8 heteroatoms. The molecule has 5 aromatic carbocycles. The van der Waals surface area contributed by atoms with Crippen molar-refractivity contribution in [2.75, 3.05) is 40.6 Å². The maximum atomic E-state index is 12.9. The average molecular weight is 786 g/mol. The Morgan fingerprint density at radius 2 is 1.18 bits per heavy atom. The van der Waals surface area contributed by atoms with Crippen molar-refractivity contribution in [1.29, 1.82) is 0 Å². The van der Waals surface area contributed by atoms with Crippen molar-refractivity contribution in [3.8, 4) is 22.6 Å². The molecule has 300 valence electrons. The fourth-order valence-electron chi connectivity index (χ4n) is 7.47. The first-order valence-corrected chi connectivity index (χ1v) is 23.1. The zero-order valence-electron chi connectivity index (χ0n) is 34.7. The number of alkyl carbamates (subject to hydrolysis) is 1. The van der Waals surface area contributed by atoms with Crippen molar-refractivity contribution < 1.29 is 28.2 Å². The molecule has 0 radical (unpaired) electrons. The van der Waals surface area contributed by atoms with Crippen LogP contribution in [0.4, 0.5) is 4.79 Å². The van der Waals surface area contributed by atoms with Gasteiger partial charge in [-0.15, -0.1) is 0 Å². The van der Waals surface area contributed by atoms with Crippen molar-refractivity contribution >= 4 is 14.4 Å². The van der Waals surface area contributed by atoms with E-state index >= 15 is 0 Å². The third-order valence-electron chi connectivity index (χ3n) is 11.8. The van der Waals surface area contributed by atoms with Crippen molar-refractivity contribution in [2.24, 2.45) is 5.92 Å². The van der Waals surface area contributed by atoms with Crippen LogP contribution in [0.2, 0.25) is 18.1 Å². The number of ether oxygens (including phenoxy) is 4. The molecule has 1 N–H and O–H groups in total. The van der Waals surface area contributed by atoms with Crippen molar-refractivity contribution in [1.82, 2.24) is 5.32 Å². The lowest BCUT2D eigenvalue weighted by Crippen LogP contribution is -2.43. The Balaban J connectivity index is 1.15. The van der Waals surface area contributed by atoms with Crippen LogP contribution < -0.4 is 14.8 Å². The topological polar surface area (TPSA) is 75.3 Å². The Kier molecular flexibility index (Phi) is 13.6. The molecule has 0 bridgehead atoms. The van der Waals surface area contributed by atoms with E-state index in [1.165, 1.54) is 22.3 Å². The number of carbonyl (C=O) groups excluding carboxylic acids is 1. The van der Waals surface area contributed by atoms with E-state index in [0.717, 1.165) is 47.5 Å². The molecule has 1 aliphatic rings. The summed E-state index contributed by atoms with van der Waals surface area (Å²) >= 11 is 0. The molecule has 0 heterocycles. The third kappa shape index (κ3) is 9.63. The van der Waals surface area contributed by atoms with Gasteiger partial charge in [-0.3, -0.25) is 0 Å². The predicted octanol–water partition coefficient (Wildman–Crippen LogP) is 11.4. The summed E-state index contributed by atoms with van der Waals surface area (Å²) in [5, 5.41) is 3.08. The van der Waals surface area contributed by atoms with Crippen LogP contribution >= 0.6 is 0 Å². The number of methoxy groups -OCH3 is 2. The standard InChI is InChI=1S/C49H59NO6Si/c1-48(2,3)57(6,7)56-34-36(17-15-16-32-50-47(51)54-35-46-44-22-13-11-20-42(44)43-21-12-14-23-45(43)46)33-55-49(37-18-9-8-10-19-37,38-24-28-40(52-4)29-25-38)39-26-30-41(53-5)31-27-39/h8-14,18-31,36,46H,15-17,32-35H2,1-7H3,(H,50,51). The molecular weight excluding hydrogens is 727 g/mol. The number of hydrogen-bond acceptors (Lipinski definition) is 6. The highest BCUT2D eigenvalue weighted by Crippen LogP contribution is 2.45. The lowest BCUT2D eigenvalue weighted by Gasteiger charge is -2.39. The van der Waals surface area contributed by atoms with Gasteiger partial charge in [0.25, 0.3) is 0 Å². The molecule has 0 fully saturated rings. The van der Waals surface area contributed by atoms with Crippen molar-refractivity contribution in [3.05, 3.63) is 155 Å². The van der Waals surface area contributed by atoms with Gasteiger partial charge in [0, 0.05) is 25.0 Å². The molecule has 0 spiro atoms. The van der Waals surface area contributed by atoms with Crippen molar-refractivity contribution in [3.63, 3.8) is 0 Å². The van der Waals surface area contributed by atoms with Gasteiger partial charge in [0.15, 0.2) is 8.32 Å². The summed E-state index contributed by atoms with van der Waals surface area (Å²) in [6, 6.07) is 43.5. The first-order valence-electron chi connectivity index (χ1n) is 20.2. The normalized spacial score (nSPS) is 13.4. The molecule has 0 saturated heterocycles. The highest BCUT2D eigenvalue weighted by atomic mass is 28.4. The number of unbranched alkanes of at least 4 members (excludes halogenated alkanes) is 1. The quantitative estimate of drug-likeness (QED) is 0.0542. The van der Waals surface area contributed by atoms with Gasteiger partial charge in [-0.1, -0.05) is 130 Å². The second kappa shape index (κ2) is 18.6.